The summed E-state index contributed by atoms with van der Waals surface area (Å²) in [7, 11) is 3.99. The SMILES string of the molecule is CC(CN(C)C)NC(=O)c1cccc2[nH]ccc12. The van der Waals surface area contributed by atoms with E-state index in [0.29, 0.717) is 0 Å². The number of amides is 1. The van der Waals surface area contributed by atoms with Crippen molar-refractivity contribution in [1.29, 1.82) is 0 Å². The molecule has 96 valence electrons. The molecule has 0 spiro atoms. The molecule has 2 rings (SSSR count). The molecule has 1 heterocycles. The number of nitrogens with one attached hydrogen (secondary N) is 2. The fourth-order valence-electron chi connectivity index (χ4n) is 2.18. The van der Waals surface area contributed by atoms with Crippen molar-refractivity contribution in [1.82, 2.24) is 15.2 Å². The molecule has 1 aromatic carbocycles. The van der Waals surface area contributed by atoms with E-state index in [2.05, 4.69) is 15.2 Å². The van der Waals surface area contributed by atoms with Crippen LogP contribution in [-0.2, 0) is 0 Å². The zero-order chi connectivity index (χ0) is 13.1. The highest BCUT2D eigenvalue weighted by molar-refractivity contribution is 6.06. The van der Waals surface area contributed by atoms with Gasteiger partial charge in [0.2, 0.25) is 0 Å². The maximum absolute atomic E-state index is 12.2. The van der Waals surface area contributed by atoms with Gasteiger partial charge in [-0.25, -0.2) is 0 Å². The summed E-state index contributed by atoms with van der Waals surface area (Å²) >= 11 is 0. The van der Waals surface area contributed by atoms with Crippen molar-refractivity contribution in [3.8, 4) is 0 Å². The van der Waals surface area contributed by atoms with Crippen molar-refractivity contribution in [2.45, 2.75) is 13.0 Å². The topological polar surface area (TPSA) is 48.1 Å². The average Bonchev–Trinajstić information content (AvgIpc) is 2.74. The molecule has 1 amide bonds. The molecule has 0 fully saturated rings. The number of fused-ring (bicyclic) bond motifs is 1. The third-order valence-corrected chi connectivity index (χ3v) is 2.86. The normalized spacial score (nSPS) is 12.9. The first-order valence-corrected chi connectivity index (χ1v) is 6.09. The van der Waals surface area contributed by atoms with E-state index in [1.54, 1.807) is 0 Å². The van der Waals surface area contributed by atoms with Crippen LogP contribution in [0.5, 0.6) is 0 Å². The third-order valence-electron chi connectivity index (χ3n) is 2.86. The Morgan fingerprint density at radius 2 is 2.17 bits per heavy atom. The number of nitrogens with zero attached hydrogens (tertiary/aromatic N) is 1. The van der Waals surface area contributed by atoms with Crippen LogP contribution in [0.1, 0.15) is 17.3 Å². The van der Waals surface area contributed by atoms with Crippen molar-refractivity contribution < 1.29 is 4.79 Å². The molecule has 4 nitrogen and oxygen atoms in total. The number of hydrogen-bond donors (Lipinski definition) is 2. The summed E-state index contributed by atoms with van der Waals surface area (Å²) in [5.74, 6) is -0.0189. The second-order valence-electron chi connectivity index (χ2n) is 4.88. The highest BCUT2D eigenvalue weighted by Gasteiger charge is 2.13. The van der Waals surface area contributed by atoms with E-state index >= 15 is 0 Å². The molecule has 0 aliphatic carbocycles. The quantitative estimate of drug-likeness (QED) is 0.863. The molecule has 0 radical (unpaired) electrons. The van der Waals surface area contributed by atoms with Crippen LogP contribution in [0, 0.1) is 0 Å². The van der Waals surface area contributed by atoms with Gasteiger partial charge in [0, 0.05) is 35.2 Å². The van der Waals surface area contributed by atoms with Crippen molar-refractivity contribution >= 4 is 16.8 Å². The van der Waals surface area contributed by atoms with Crippen molar-refractivity contribution in [3.05, 3.63) is 36.0 Å². The Morgan fingerprint density at radius 3 is 2.89 bits per heavy atom. The van der Waals surface area contributed by atoms with Gasteiger partial charge in [0.05, 0.1) is 0 Å². The van der Waals surface area contributed by atoms with Crippen LogP contribution in [0.15, 0.2) is 30.5 Å². The van der Waals surface area contributed by atoms with Gasteiger partial charge in [0.1, 0.15) is 0 Å². The molecule has 2 N–H and O–H groups in total. The first-order chi connectivity index (χ1) is 8.58. The third kappa shape index (κ3) is 2.71. The van der Waals surface area contributed by atoms with E-state index in [-0.39, 0.29) is 11.9 Å². The maximum Gasteiger partial charge on any atom is 0.252 e. The van der Waals surface area contributed by atoms with Crippen LogP contribution in [0.25, 0.3) is 10.9 Å². The molecule has 1 aromatic heterocycles. The lowest BCUT2D eigenvalue weighted by Gasteiger charge is -2.18. The number of benzene rings is 1. The van der Waals surface area contributed by atoms with Crippen LogP contribution in [0.3, 0.4) is 0 Å². The number of aromatic amines is 1. The van der Waals surface area contributed by atoms with Gasteiger partial charge in [-0.1, -0.05) is 6.07 Å². The minimum absolute atomic E-state index is 0.0189. The second-order valence-corrected chi connectivity index (χ2v) is 4.88. The molecule has 18 heavy (non-hydrogen) atoms. The minimum Gasteiger partial charge on any atom is -0.361 e. The number of carbonyl (C=O) groups excluding carboxylic acids is 1. The molecular weight excluding hydrogens is 226 g/mol. The molecule has 0 aliphatic heterocycles. The van der Waals surface area contributed by atoms with Crippen LogP contribution in [-0.4, -0.2) is 42.5 Å². The van der Waals surface area contributed by atoms with Gasteiger partial charge in [-0.05, 0) is 39.2 Å². The molecular formula is C14H19N3O. The number of hydrogen-bond acceptors (Lipinski definition) is 2. The Labute approximate surface area is 107 Å². The van der Waals surface area contributed by atoms with Crippen LogP contribution >= 0.6 is 0 Å². The Hall–Kier alpha value is -1.81. The molecule has 0 saturated heterocycles. The molecule has 1 unspecified atom stereocenters. The Kier molecular flexibility index (Phi) is 3.67. The number of H-pyrrole nitrogens is 1. The first kappa shape index (κ1) is 12.6. The van der Waals surface area contributed by atoms with Gasteiger partial charge in [-0.3, -0.25) is 4.79 Å². The van der Waals surface area contributed by atoms with Gasteiger partial charge in [-0.15, -0.1) is 0 Å². The fourth-order valence-corrected chi connectivity index (χ4v) is 2.18. The fraction of sp³-hybridized carbons (Fsp3) is 0.357. The van der Waals surface area contributed by atoms with E-state index in [1.165, 1.54) is 0 Å². The van der Waals surface area contributed by atoms with Gasteiger partial charge >= 0.3 is 0 Å². The monoisotopic (exact) mass is 245 g/mol. The molecule has 0 aliphatic rings. The summed E-state index contributed by atoms with van der Waals surface area (Å²) in [4.78, 5) is 17.4. The smallest absolute Gasteiger partial charge is 0.252 e. The summed E-state index contributed by atoms with van der Waals surface area (Å²) in [5.41, 5.74) is 1.71. The van der Waals surface area contributed by atoms with Gasteiger partial charge in [-0.2, -0.15) is 0 Å². The van der Waals surface area contributed by atoms with Gasteiger partial charge in [0.25, 0.3) is 5.91 Å². The van der Waals surface area contributed by atoms with Crippen molar-refractivity contribution in [3.63, 3.8) is 0 Å². The van der Waals surface area contributed by atoms with E-state index in [4.69, 9.17) is 0 Å². The van der Waals surface area contributed by atoms with Crippen molar-refractivity contribution in [2.75, 3.05) is 20.6 Å². The lowest BCUT2D eigenvalue weighted by Crippen LogP contribution is -2.39. The zero-order valence-electron chi connectivity index (χ0n) is 11.0. The van der Waals surface area contributed by atoms with Crippen molar-refractivity contribution in [2.24, 2.45) is 0 Å². The first-order valence-electron chi connectivity index (χ1n) is 6.09. The molecule has 2 aromatic rings. The summed E-state index contributed by atoms with van der Waals surface area (Å²) in [6.45, 7) is 2.84. The summed E-state index contributed by atoms with van der Waals surface area (Å²) in [5, 5.41) is 3.98. The van der Waals surface area contributed by atoms with Gasteiger partial charge in [0.15, 0.2) is 0 Å². The predicted octanol–water partition coefficient (Wildman–Crippen LogP) is 1.85. The zero-order valence-corrected chi connectivity index (χ0v) is 11.0. The highest BCUT2D eigenvalue weighted by atomic mass is 16.1. The number of aromatic nitrogens is 1. The molecule has 1 atom stereocenters. The lowest BCUT2D eigenvalue weighted by atomic mass is 10.1. The molecule has 0 bridgehead atoms. The predicted molar refractivity (Wildman–Crippen MR) is 73.8 cm³/mol. The maximum atomic E-state index is 12.2. The summed E-state index contributed by atoms with van der Waals surface area (Å²) < 4.78 is 0. The summed E-state index contributed by atoms with van der Waals surface area (Å²) in [6.07, 6.45) is 1.85. The minimum atomic E-state index is -0.0189. The number of likely N-dealkylation sites (N-methyl/N-ethyl adjacent to an activating group) is 1. The van der Waals surface area contributed by atoms with Crippen LogP contribution in [0.4, 0.5) is 0 Å². The molecule has 0 saturated carbocycles. The van der Waals surface area contributed by atoms with E-state index in [1.807, 2.05) is 51.5 Å². The van der Waals surface area contributed by atoms with E-state index in [9.17, 15) is 4.79 Å². The standard InChI is InChI=1S/C14H19N3O/c1-10(9-17(2)3)16-14(18)12-5-4-6-13-11(12)7-8-15-13/h4-8,10,15H,9H2,1-3H3,(H,16,18). The van der Waals surface area contributed by atoms with E-state index < -0.39 is 0 Å². The number of carbonyl (C=O) groups is 1. The van der Waals surface area contributed by atoms with Crippen LogP contribution in [0.2, 0.25) is 0 Å². The average molecular weight is 245 g/mol. The Morgan fingerprint density at radius 1 is 1.39 bits per heavy atom. The Balaban J connectivity index is 2.16. The number of rotatable bonds is 4. The Bertz CT molecular complexity index is 545. The second kappa shape index (κ2) is 5.23. The van der Waals surface area contributed by atoms with Crippen LogP contribution < -0.4 is 5.32 Å². The largest absolute Gasteiger partial charge is 0.361 e. The molecule has 4 heteroatoms. The van der Waals surface area contributed by atoms with Gasteiger partial charge < -0.3 is 15.2 Å². The lowest BCUT2D eigenvalue weighted by molar-refractivity contribution is 0.0936. The summed E-state index contributed by atoms with van der Waals surface area (Å²) in [6, 6.07) is 7.77. The van der Waals surface area contributed by atoms with E-state index in [0.717, 1.165) is 23.0 Å². The highest BCUT2D eigenvalue weighted by Crippen LogP contribution is 2.17.